The van der Waals surface area contributed by atoms with Gasteiger partial charge in [-0.15, -0.1) is 0 Å². The molecule has 0 amide bonds. The largest absolute Gasteiger partial charge is 0.495 e. The Hall–Kier alpha value is -3.50. The Kier molecular flexibility index (Phi) is 5.82. The molecule has 0 aliphatic rings. The molecule has 0 saturated carbocycles. The van der Waals surface area contributed by atoms with Crippen molar-refractivity contribution in [2.24, 2.45) is 0 Å². The van der Waals surface area contributed by atoms with Crippen molar-refractivity contribution >= 4 is 34.6 Å². The van der Waals surface area contributed by atoms with Crippen LogP contribution >= 0.6 is 11.6 Å². The van der Waals surface area contributed by atoms with Crippen LogP contribution in [0.1, 0.15) is 11.4 Å². The lowest BCUT2D eigenvalue weighted by atomic mass is 10.2. The van der Waals surface area contributed by atoms with Crippen LogP contribution in [0.25, 0.3) is 0 Å². The molecule has 0 aliphatic carbocycles. The maximum atomic E-state index is 9.26. The standard InChI is InChI=1S/C20H18ClN5O2/c1-12-23-19(25-15-7-5-4-6-13(15)11-22)10-20(24-12)26-16-9-17(27-2)14(21)8-18(16)28-3/h4-10H,1-3H3,(H2,23,24,25,26). The maximum Gasteiger partial charge on any atom is 0.144 e. The van der Waals surface area contributed by atoms with Crippen LogP contribution in [0.3, 0.4) is 0 Å². The second-order valence-electron chi connectivity index (χ2n) is 5.78. The zero-order valence-corrected chi connectivity index (χ0v) is 16.3. The minimum absolute atomic E-state index is 0.444. The zero-order valence-electron chi connectivity index (χ0n) is 15.6. The normalized spacial score (nSPS) is 10.1. The summed E-state index contributed by atoms with van der Waals surface area (Å²) >= 11 is 6.16. The first kappa shape index (κ1) is 19.3. The Labute approximate surface area is 167 Å². The van der Waals surface area contributed by atoms with E-state index in [4.69, 9.17) is 21.1 Å². The number of hydrogen-bond donors (Lipinski definition) is 2. The highest BCUT2D eigenvalue weighted by Gasteiger charge is 2.12. The van der Waals surface area contributed by atoms with Gasteiger partial charge in [0.2, 0.25) is 0 Å². The van der Waals surface area contributed by atoms with Crippen molar-refractivity contribution in [2.45, 2.75) is 6.92 Å². The van der Waals surface area contributed by atoms with Gasteiger partial charge in [-0.05, 0) is 19.1 Å². The molecule has 2 N–H and O–H groups in total. The van der Waals surface area contributed by atoms with Crippen molar-refractivity contribution in [3.05, 3.63) is 58.9 Å². The average Bonchev–Trinajstić information content (AvgIpc) is 2.69. The highest BCUT2D eigenvalue weighted by atomic mass is 35.5. The number of rotatable bonds is 6. The van der Waals surface area contributed by atoms with Crippen LogP contribution < -0.4 is 20.1 Å². The van der Waals surface area contributed by atoms with E-state index in [-0.39, 0.29) is 0 Å². The predicted molar refractivity (Wildman–Crippen MR) is 109 cm³/mol. The van der Waals surface area contributed by atoms with Gasteiger partial charge in [0.25, 0.3) is 0 Å². The molecule has 28 heavy (non-hydrogen) atoms. The molecule has 0 unspecified atom stereocenters. The fraction of sp³-hybridized carbons (Fsp3) is 0.150. The van der Waals surface area contributed by atoms with Crippen LogP contribution in [-0.2, 0) is 0 Å². The Balaban J connectivity index is 1.93. The number of nitriles is 1. The van der Waals surface area contributed by atoms with E-state index in [0.717, 1.165) is 0 Å². The lowest BCUT2D eigenvalue weighted by Gasteiger charge is -2.15. The fourth-order valence-corrected chi connectivity index (χ4v) is 2.85. The fourth-order valence-electron chi connectivity index (χ4n) is 2.62. The number of para-hydroxylation sites is 1. The van der Waals surface area contributed by atoms with E-state index in [0.29, 0.717) is 50.9 Å². The van der Waals surface area contributed by atoms with E-state index in [1.165, 1.54) is 0 Å². The summed E-state index contributed by atoms with van der Waals surface area (Å²) < 4.78 is 10.7. The average molecular weight is 396 g/mol. The summed E-state index contributed by atoms with van der Waals surface area (Å²) in [6.45, 7) is 1.78. The molecule has 0 radical (unpaired) electrons. The Morgan fingerprint density at radius 3 is 2.21 bits per heavy atom. The summed E-state index contributed by atoms with van der Waals surface area (Å²) in [7, 11) is 3.10. The number of methoxy groups -OCH3 is 2. The van der Waals surface area contributed by atoms with Gasteiger partial charge in [-0.2, -0.15) is 5.26 Å². The molecular formula is C20H18ClN5O2. The smallest absolute Gasteiger partial charge is 0.144 e. The summed E-state index contributed by atoms with van der Waals surface area (Å²) in [6.07, 6.45) is 0. The molecule has 0 aliphatic heterocycles. The quantitative estimate of drug-likeness (QED) is 0.618. The molecule has 0 fully saturated rings. The number of hydrogen-bond acceptors (Lipinski definition) is 7. The van der Waals surface area contributed by atoms with Crippen molar-refractivity contribution in [2.75, 3.05) is 24.9 Å². The number of anilines is 4. The summed E-state index contributed by atoms with van der Waals surface area (Å²) in [6, 6.07) is 14.5. The van der Waals surface area contributed by atoms with Crippen LogP contribution in [0.4, 0.5) is 23.0 Å². The van der Waals surface area contributed by atoms with Gasteiger partial charge in [0, 0.05) is 18.2 Å². The Morgan fingerprint density at radius 2 is 1.57 bits per heavy atom. The van der Waals surface area contributed by atoms with E-state index in [9.17, 15) is 5.26 Å². The van der Waals surface area contributed by atoms with Gasteiger partial charge in [0.15, 0.2) is 0 Å². The van der Waals surface area contributed by atoms with Crippen LogP contribution in [0.15, 0.2) is 42.5 Å². The minimum Gasteiger partial charge on any atom is -0.495 e. The molecule has 0 saturated heterocycles. The summed E-state index contributed by atoms with van der Waals surface area (Å²) in [5.41, 5.74) is 1.84. The van der Waals surface area contributed by atoms with Crippen molar-refractivity contribution in [3.8, 4) is 17.6 Å². The monoisotopic (exact) mass is 395 g/mol. The molecule has 142 valence electrons. The predicted octanol–water partition coefficient (Wildman–Crippen LogP) is 4.81. The molecule has 3 rings (SSSR count). The van der Waals surface area contributed by atoms with Crippen LogP contribution in [0, 0.1) is 18.3 Å². The summed E-state index contributed by atoms with van der Waals surface area (Å²) in [5, 5.41) is 16.1. The molecule has 0 bridgehead atoms. The Bertz CT molecular complexity index is 1050. The Morgan fingerprint density at radius 1 is 0.929 bits per heavy atom. The van der Waals surface area contributed by atoms with E-state index >= 15 is 0 Å². The van der Waals surface area contributed by atoms with Crippen molar-refractivity contribution in [1.82, 2.24) is 9.97 Å². The minimum atomic E-state index is 0.444. The first-order valence-electron chi connectivity index (χ1n) is 8.34. The van der Waals surface area contributed by atoms with Gasteiger partial charge < -0.3 is 20.1 Å². The zero-order chi connectivity index (χ0) is 20.1. The topological polar surface area (TPSA) is 92.1 Å². The summed E-state index contributed by atoms with van der Waals surface area (Å²) in [5.74, 6) is 2.72. The van der Waals surface area contributed by atoms with Gasteiger partial charge >= 0.3 is 0 Å². The number of halogens is 1. The molecule has 8 heteroatoms. The number of ether oxygens (including phenoxy) is 2. The van der Waals surface area contributed by atoms with E-state index in [1.54, 1.807) is 45.4 Å². The molecule has 0 spiro atoms. The number of nitrogens with zero attached hydrogens (tertiary/aromatic N) is 3. The first-order valence-corrected chi connectivity index (χ1v) is 8.72. The molecule has 2 aromatic carbocycles. The van der Waals surface area contributed by atoms with Gasteiger partial charge in [-0.3, -0.25) is 0 Å². The number of aryl methyl sites for hydroxylation is 1. The third kappa shape index (κ3) is 4.24. The van der Waals surface area contributed by atoms with E-state index in [1.807, 2.05) is 18.2 Å². The van der Waals surface area contributed by atoms with Crippen LogP contribution in [-0.4, -0.2) is 24.2 Å². The van der Waals surface area contributed by atoms with Gasteiger partial charge in [0.1, 0.15) is 35.0 Å². The second kappa shape index (κ2) is 8.46. The number of benzene rings is 2. The molecule has 0 atom stereocenters. The second-order valence-corrected chi connectivity index (χ2v) is 6.19. The molecule has 7 nitrogen and oxygen atoms in total. The van der Waals surface area contributed by atoms with Crippen LogP contribution in [0.5, 0.6) is 11.5 Å². The molecule has 3 aromatic rings. The lowest BCUT2D eigenvalue weighted by Crippen LogP contribution is -2.03. The number of nitrogens with one attached hydrogen (secondary N) is 2. The highest BCUT2D eigenvalue weighted by Crippen LogP contribution is 2.37. The lowest BCUT2D eigenvalue weighted by molar-refractivity contribution is 0.405. The molecule has 1 aromatic heterocycles. The molecule has 1 heterocycles. The highest BCUT2D eigenvalue weighted by molar-refractivity contribution is 6.32. The summed E-state index contributed by atoms with van der Waals surface area (Å²) in [4.78, 5) is 8.80. The van der Waals surface area contributed by atoms with Crippen molar-refractivity contribution in [3.63, 3.8) is 0 Å². The third-order valence-corrected chi connectivity index (χ3v) is 4.18. The SMILES string of the molecule is COc1cc(Nc2cc(Nc3ccccc3C#N)nc(C)n2)c(OC)cc1Cl. The first-order chi connectivity index (χ1) is 13.5. The van der Waals surface area contributed by atoms with Crippen molar-refractivity contribution in [1.29, 1.82) is 5.26 Å². The third-order valence-electron chi connectivity index (χ3n) is 3.88. The van der Waals surface area contributed by atoms with E-state index in [2.05, 4.69) is 26.7 Å². The van der Waals surface area contributed by atoms with Gasteiger partial charge in [-0.25, -0.2) is 9.97 Å². The van der Waals surface area contributed by atoms with E-state index < -0.39 is 0 Å². The number of aromatic nitrogens is 2. The van der Waals surface area contributed by atoms with Gasteiger partial charge in [0.05, 0.1) is 36.2 Å². The van der Waals surface area contributed by atoms with Crippen LogP contribution in [0.2, 0.25) is 5.02 Å². The van der Waals surface area contributed by atoms with Gasteiger partial charge in [-0.1, -0.05) is 23.7 Å². The van der Waals surface area contributed by atoms with Crippen molar-refractivity contribution < 1.29 is 9.47 Å². The maximum absolute atomic E-state index is 9.26. The molecular weight excluding hydrogens is 378 g/mol.